The van der Waals surface area contributed by atoms with Crippen molar-refractivity contribution in [1.29, 1.82) is 0 Å². The predicted octanol–water partition coefficient (Wildman–Crippen LogP) is 4.01. The van der Waals surface area contributed by atoms with Crippen molar-refractivity contribution in [3.63, 3.8) is 0 Å². The highest BCUT2D eigenvalue weighted by Crippen LogP contribution is 2.24. The van der Waals surface area contributed by atoms with Gasteiger partial charge in [-0.25, -0.2) is 0 Å². The van der Waals surface area contributed by atoms with Crippen LogP contribution in [0.4, 0.5) is 5.69 Å². The molecule has 3 aromatic rings. The number of hydrogen-bond acceptors (Lipinski definition) is 3. The molecule has 2 heterocycles. The van der Waals surface area contributed by atoms with Crippen molar-refractivity contribution in [1.82, 2.24) is 9.47 Å². The van der Waals surface area contributed by atoms with Gasteiger partial charge in [-0.05, 0) is 56.1 Å². The smallest absolute Gasteiger partial charge is 0.232 e. The number of rotatable bonds is 6. The first-order chi connectivity index (χ1) is 11.5. The second-order valence-electron chi connectivity index (χ2n) is 6.31. The van der Waals surface area contributed by atoms with Gasteiger partial charge in [-0.1, -0.05) is 12.1 Å². The van der Waals surface area contributed by atoms with E-state index in [1.807, 2.05) is 30.5 Å². The molecule has 0 aliphatic carbocycles. The lowest BCUT2D eigenvalue weighted by Crippen LogP contribution is -2.18. The van der Waals surface area contributed by atoms with Gasteiger partial charge in [-0.2, -0.15) is 0 Å². The number of benzene rings is 1. The zero-order valence-electron chi connectivity index (χ0n) is 14.3. The summed E-state index contributed by atoms with van der Waals surface area (Å²) in [5.41, 5.74) is 2.00. The normalized spacial score (nSPS) is 12.7. The highest BCUT2D eigenvalue weighted by Gasteiger charge is 2.16. The monoisotopic (exact) mass is 341 g/mol. The molecule has 0 spiro atoms. The Labute approximate surface area is 146 Å². The van der Waals surface area contributed by atoms with Crippen LogP contribution in [-0.2, 0) is 11.3 Å². The van der Waals surface area contributed by atoms with Crippen LogP contribution < -0.4 is 5.32 Å². The number of thiophene rings is 1. The van der Waals surface area contributed by atoms with E-state index in [-0.39, 0.29) is 11.8 Å². The summed E-state index contributed by atoms with van der Waals surface area (Å²) in [5.74, 6) is -0.107. The van der Waals surface area contributed by atoms with Crippen LogP contribution in [0.3, 0.4) is 0 Å². The number of amides is 1. The Kier molecular flexibility index (Phi) is 5.02. The predicted molar refractivity (Wildman–Crippen MR) is 102 cm³/mol. The molecule has 0 aliphatic rings. The first-order valence-corrected chi connectivity index (χ1v) is 9.00. The van der Waals surface area contributed by atoms with Crippen LogP contribution in [-0.4, -0.2) is 36.0 Å². The second kappa shape index (κ2) is 7.20. The summed E-state index contributed by atoms with van der Waals surface area (Å²) < 4.78 is 2.23. The number of likely N-dealkylation sites (N-methyl/N-ethyl adjacent to an activating group) is 1. The maximum atomic E-state index is 12.5. The number of hydrogen-bond donors (Lipinski definition) is 1. The molecule has 24 heavy (non-hydrogen) atoms. The zero-order chi connectivity index (χ0) is 17.1. The summed E-state index contributed by atoms with van der Waals surface area (Å²) in [6, 6.07) is 12.2. The summed E-state index contributed by atoms with van der Waals surface area (Å²) >= 11 is 1.62. The third-order valence-corrected chi connectivity index (χ3v) is 5.25. The third-order valence-electron chi connectivity index (χ3n) is 4.19. The number of nitrogens with zero attached hydrogens (tertiary/aromatic N) is 2. The molecule has 126 valence electrons. The Hall–Kier alpha value is -2.11. The van der Waals surface area contributed by atoms with E-state index in [1.54, 1.807) is 11.3 Å². The van der Waals surface area contributed by atoms with Crippen molar-refractivity contribution in [3.05, 3.63) is 52.9 Å². The van der Waals surface area contributed by atoms with Crippen LogP contribution in [0.2, 0.25) is 0 Å². The van der Waals surface area contributed by atoms with Crippen LogP contribution in [0.1, 0.15) is 17.7 Å². The number of carbonyl (C=O) groups excluding carboxylic acids is 1. The maximum Gasteiger partial charge on any atom is 0.232 e. The van der Waals surface area contributed by atoms with Gasteiger partial charge < -0.3 is 14.8 Å². The molecule has 0 bridgehead atoms. The fourth-order valence-corrected chi connectivity index (χ4v) is 3.46. The number of nitrogens with one attached hydrogen (secondary N) is 1. The Bertz CT molecular complexity index is 820. The minimum atomic E-state index is -0.138. The Morgan fingerprint density at radius 2 is 2.12 bits per heavy atom. The molecule has 4 nitrogen and oxygen atoms in total. The van der Waals surface area contributed by atoms with E-state index < -0.39 is 0 Å². The van der Waals surface area contributed by atoms with Gasteiger partial charge in [-0.15, -0.1) is 11.3 Å². The second-order valence-corrected chi connectivity index (χ2v) is 7.29. The molecule has 0 unspecified atom stereocenters. The molecule has 0 fully saturated rings. The summed E-state index contributed by atoms with van der Waals surface area (Å²) in [6.07, 6.45) is 2.11. The number of aromatic nitrogens is 1. The largest absolute Gasteiger partial charge is 0.346 e. The average molecular weight is 341 g/mol. The van der Waals surface area contributed by atoms with Crippen molar-refractivity contribution >= 4 is 33.8 Å². The zero-order valence-corrected chi connectivity index (χ0v) is 15.1. The molecule has 0 aliphatic heterocycles. The van der Waals surface area contributed by atoms with Crippen LogP contribution in [0.15, 0.2) is 48.0 Å². The van der Waals surface area contributed by atoms with Gasteiger partial charge in [0.2, 0.25) is 5.91 Å². The van der Waals surface area contributed by atoms with E-state index in [2.05, 4.69) is 53.3 Å². The lowest BCUT2D eigenvalue weighted by atomic mass is 10.1. The topological polar surface area (TPSA) is 37.3 Å². The minimum Gasteiger partial charge on any atom is -0.346 e. The van der Waals surface area contributed by atoms with Gasteiger partial charge >= 0.3 is 0 Å². The Morgan fingerprint density at radius 3 is 2.83 bits per heavy atom. The van der Waals surface area contributed by atoms with E-state index >= 15 is 0 Å². The molecule has 5 heteroatoms. The quantitative estimate of drug-likeness (QED) is 0.735. The molecule has 2 aromatic heterocycles. The van der Waals surface area contributed by atoms with Gasteiger partial charge in [0.05, 0.1) is 11.4 Å². The molecule has 1 atom stereocenters. The molecule has 3 rings (SSSR count). The molecule has 0 saturated heterocycles. The van der Waals surface area contributed by atoms with Crippen LogP contribution in [0.5, 0.6) is 0 Å². The average Bonchev–Trinajstić information content (AvgIpc) is 3.21. The van der Waals surface area contributed by atoms with Gasteiger partial charge in [0.15, 0.2) is 0 Å². The molecule has 0 radical (unpaired) electrons. The van der Waals surface area contributed by atoms with E-state index in [1.165, 1.54) is 5.39 Å². The molecule has 1 amide bonds. The van der Waals surface area contributed by atoms with E-state index in [0.29, 0.717) is 0 Å². The minimum absolute atomic E-state index is 0.0307. The van der Waals surface area contributed by atoms with Crippen molar-refractivity contribution in [2.75, 3.05) is 26.0 Å². The summed E-state index contributed by atoms with van der Waals surface area (Å²) in [4.78, 5) is 15.7. The van der Waals surface area contributed by atoms with Crippen LogP contribution in [0, 0.1) is 0 Å². The molecule has 1 N–H and O–H groups in total. The Morgan fingerprint density at radius 1 is 1.29 bits per heavy atom. The lowest BCUT2D eigenvalue weighted by molar-refractivity contribution is -0.117. The summed E-state index contributed by atoms with van der Waals surface area (Å²) in [6.45, 7) is 3.86. The molecule has 1 aromatic carbocycles. The van der Waals surface area contributed by atoms with Crippen LogP contribution >= 0.6 is 11.3 Å². The highest BCUT2D eigenvalue weighted by atomic mass is 32.1. The lowest BCUT2D eigenvalue weighted by Gasteiger charge is -2.13. The fraction of sp³-hybridized carbons (Fsp3) is 0.316. The molecule has 0 saturated carbocycles. The highest BCUT2D eigenvalue weighted by molar-refractivity contribution is 7.10. The Balaban J connectivity index is 1.77. The SMILES string of the molecule is C[C@@H](C(=O)Nc1ccc2ccn(CCN(C)C)c2c1)c1cccs1. The summed E-state index contributed by atoms with van der Waals surface area (Å²) in [5, 5.41) is 6.24. The fourth-order valence-electron chi connectivity index (χ4n) is 2.68. The molecular formula is C19H23N3OS. The van der Waals surface area contributed by atoms with E-state index in [0.717, 1.165) is 29.2 Å². The number of carbonyl (C=O) groups is 1. The molecular weight excluding hydrogens is 318 g/mol. The first kappa shape index (κ1) is 16.7. The number of anilines is 1. The van der Waals surface area contributed by atoms with Gasteiger partial charge in [0.1, 0.15) is 0 Å². The standard InChI is InChI=1S/C19H23N3OS/c1-14(18-5-4-12-24-18)19(23)20-16-7-6-15-8-9-22(17(15)13-16)11-10-21(2)3/h4-9,12-14H,10-11H2,1-3H3,(H,20,23)/t14-/m1/s1. The van der Waals surface area contributed by atoms with Gasteiger partial charge in [0, 0.05) is 29.9 Å². The maximum absolute atomic E-state index is 12.5. The van der Waals surface area contributed by atoms with Crippen molar-refractivity contribution in [2.45, 2.75) is 19.4 Å². The van der Waals surface area contributed by atoms with Gasteiger partial charge in [0.25, 0.3) is 0 Å². The van der Waals surface area contributed by atoms with E-state index in [9.17, 15) is 4.79 Å². The van der Waals surface area contributed by atoms with Crippen molar-refractivity contribution < 1.29 is 4.79 Å². The van der Waals surface area contributed by atoms with E-state index in [4.69, 9.17) is 0 Å². The first-order valence-electron chi connectivity index (χ1n) is 8.12. The third kappa shape index (κ3) is 3.68. The van der Waals surface area contributed by atoms with Gasteiger partial charge in [-0.3, -0.25) is 4.79 Å². The summed E-state index contributed by atoms with van der Waals surface area (Å²) in [7, 11) is 4.15. The van der Waals surface area contributed by atoms with Crippen molar-refractivity contribution in [3.8, 4) is 0 Å². The number of fused-ring (bicyclic) bond motifs is 1. The van der Waals surface area contributed by atoms with Crippen molar-refractivity contribution in [2.24, 2.45) is 0 Å². The van der Waals surface area contributed by atoms with Crippen LogP contribution in [0.25, 0.3) is 10.9 Å².